The van der Waals surface area contributed by atoms with E-state index in [1.54, 1.807) is 25.1 Å². The highest BCUT2D eigenvalue weighted by Gasteiger charge is 2.16. The van der Waals surface area contributed by atoms with E-state index in [2.05, 4.69) is 4.74 Å². The normalized spacial score (nSPS) is 11.8. The topological polar surface area (TPSA) is 52.6 Å². The summed E-state index contributed by atoms with van der Waals surface area (Å²) in [7, 11) is 1.31. The van der Waals surface area contributed by atoms with Gasteiger partial charge in [-0.25, -0.2) is 4.79 Å². The van der Waals surface area contributed by atoms with E-state index in [1.165, 1.54) is 14.0 Å². The van der Waals surface area contributed by atoms with E-state index >= 15 is 0 Å². The predicted octanol–water partition coefficient (Wildman–Crippen LogP) is 2.14. The first-order chi connectivity index (χ1) is 7.95. The fourth-order valence-electron chi connectivity index (χ4n) is 1.41. The minimum atomic E-state index is -0.665. The molecule has 0 saturated heterocycles. The minimum absolute atomic E-state index is 0.000617. The maximum absolute atomic E-state index is 11.2. The first-order valence-electron chi connectivity index (χ1n) is 5.31. The van der Waals surface area contributed by atoms with E-state index in [-0.39, 0.29) is 5.78 Å². The van der Waals surface area contributed by atoms with Crippen molar-refractivity contribution in [2.75, 3.05) is 7.11 Å². The molecule has 4 heteroatoms. The maximum Gasteiger partial charge on any atom is 0.346 e. The average molecular weight is 236 g/mol. The third-order valence-electron chi connectivity index (χ3n) is 2.42. The second-order valence-electron chi connectivity index (χ2n) is 3.82. The average Bonchev–Trinajstić information content (AvgIpc) is 2.30. The molecule has 1 rings (SSSR count). The van der Waals surface area contributed by atoms with Crippen molar-refractivity contribution in [3.8, 4) is 5.75 Å². The lowest BCUT2D eigenvalue weighted by Crippen LogP contribution is -2.25. The molecule has 17 heavy (non-hydrogen) atoms. The van der Waals surface area contributed by atoms with Gasteiger partial charge in [-0.15, -0.1) is 0 Å². The molecule has 0 aliphatic carbocycles. The Morgan fingerprint density at radius 1 is 1.29 bits per heavy atom. The summed E-state index contributed by atoms with van der Waals surface area (Å²) < 4.78 is 10.0. The minimum Gasteiger partial charge on any atom is -0.479 e. The van der Waals surface area contributed by atoms with E-state index in [1.807, 2.05) is 6.92 Å². The SMILES string of the molecule is COC(=O)C(C)Oc1ccc(C(C)=O)cc1C. The largest absolute Gasteiger partial charge is 0.479 e. The molecule has 1 aromatic rings. The van der Waals surface area contributed by atoms with Crippen LogP contribution in [0.15, 0.2) is 18.2 Å². The van der Waals surface area contributed by atoms with Gasteiger partial charge < -0.3 is 9.47 Å². The summed E-state index contributed by atoms with van der Waals surface area (Å²) in [5.74, 6) is 0.147. The third-order valence-corrected chi connectivity index (χ3v) is 2.42. The van der Waals surface area contributed by atoms with Gasteiger partial charge in [-0.3, -0.25) is 4.79 Å². The predicted molar refractivity (Wildman–Crippen MR) is 63.3 cm³/mol. The Hall–Kier alpha value is -1.84. The Balaban J connectivity index is 2.86. The van der Waals surface area contributed by atoms with Crippen molar-refractivity contribution >= 4 is 11.8 Å². The number of carbonyl (C=O) groups is 2. The van der Waals surface area contributed by atoms with Gasteiger partial charge in [-0.1, -0.05) is 0 Å². The van der Waals surface area contributed by atoms with Crippen molar-refractivity contribution in [1.82, 2.24) is 0 Å². The van der Waals surface area contributed by atoms with Gasteiger partial charge in [-0.2, -0.15) is 0 Å². The summed E-state index contributed by atoms with van der Waals surface area (Å²) in [6.07, 6.45) is -0.665. The number of esters is 1. The van der Waals surface area contributed by atoms with Crippen LogP contribution in [0.5, 0.6) is 5.75 Å². The zero-order chi connectivity index (χ0) is 13.0. The monoisotopic (exact) mass is 236 g/mol. The van der Waals surface area contributed by atoms with Crippen LogP contribution in [-0.4, -0.2) is 25.0 Å². The molecular weight excluding hydrogens is 220 g/mol. The van der Waals surface area contributed by atoms with E-state index in [0.717, 1.165) is 5.56 Å². The fourth-order valence-corrected chi connectivity index (χ4v) is 1.41. The fraction of sp³-hybridized carbons (Fsp3) is 0.385. The van der Waals surface area contributed by atoms with Crippen LogP contribution in [0.3, 0.4) is 0 Å². The molecule has 1 unspecified atom stereocenters. The number of hydrogen-bond donors (Lipinski definition) is 0. The standard InChI is InChI=1S/C13H16O4/c1-8-7-11(9(2)14)5-6-12(8)17-10(3)13(15)16-4/h5-7,10H,1-4H3. The van der Waals surface area contributed by atoms with Gasteiger partial charge in [0.1, 0.15) is 5.75 Å². The molecule has 0 fully saturated rings. The highest BCUT2D eigenvalue weighted by Crippen LogP contribution is 2.20. The summed E-state index contributed by atoms with van der Waals surface area (Å²) in [5, 5.41) is 0. The highest BCUT2D eigenvalue weighted by atomic mass is 16.6. The lowest BCUT2D eigenvalue weighted by molar-refractivity contribution is -0.147. The number of benzene rings is 1. The van der Waals surface area contributed by atoms with Crippen LogP contribution in [0, 0.1) is 6.92 Å². The van der Waals surface area contributed by atoms with Crippen LogP contribution in [-0.2, 0) is 9.53 Å². The van der Waals surface area contributed by atoms with Crippen LogP contribution in [0.2, 0.25) is 0 Å². The zero-order valence-corrected chi connectivity index (χ0v) is 10.4. The number of rotatable bonds is 4. The Bertz CT molecular complexity index is 437. The summed E-state index contributed by atoms with van der Waals surface area (Å²) in [6, 6.07) is 5.10. The van der Waals surface area contributed by atoms with Gasteiger partial charge in [0.05, 0.1) is 7.11 Å². The van der Waals surface area contributed by atoms with Crippen molar-refractivity contribution in [1.29, 1.82) is 0 Å². The molecule has 0 aliphatic rings. The quantitative estimate of drug-likeness (QED) is 0.593. The maximum atomic E-state index is 11.2. The molecular formula is C13H16O4. The molecule has 0 aromatic heterocycles. The molecule has 0 amide bonds. The second-order valence-corrected chi connectivity index (χ2v) is 3.82. The van der Waals surface area contributed by atoms with Crippen LogP contribution in [0.4, 0.5) is 0 Å². The van der Waals surface area contributed by atoms with Crippen molar-refractivity contribution < 1.29 is 19.1 Å². The van der Waals surface area contributed by atoms with Crippen LogP contribution in [0.25, 0.3) is 0 Å². The number of ether oxygens (including phenoxy) is 2. The lowest BCUT2D eigenvalue weighted by Gasteiger charge is -2.14. The van der Waals surface area contributed by atoms with Gasteiger partial charge in [-0.05, 0) is 44.5 Å². The zero-order valence-electron chi connectivity index (χ0n) is 10.4. The Morgan fingerprint density at radius 3 is 2.41 bits per heavy atom. The molecule has 4 nitrogen and oxygen atoms in total. The number of carbonyl (C=O) groups excluding carboxylic acids is 2. The van der Waals surface area contributed by atoms with Crippen molar-refractivity contribution in [2.24, 2.45) is 0 Å². The van der Waals surface area contributed by atoms with Crippen LogP contribution in [0.1, 0.15) is 29.8 Å². The Kier molecular flexibility index (Phi) is 4.26. The molecule has 92 valence electrons. The van der Waals surface area contributed by atoms with Gasteiger partial charge in [0, 0.05) is 5.56 Å². The number of Topliss-reactive ketones (excluding diaryl/α,β-unsaturated/α-hetero) is 1. The van der Waals surface area contributed by atoms with E-state index < -0.39 is 12.1 Å². The van der Waals surface area contributed by atoms with Crippen molar-refractivity contribution in [3.63, 3.8) is 0 Å². The van der Waals surface area contributed by atoms with Gasteiger partial charge in [0.25, 0.3) is 0 Å². The number of ketones is 1. The molecule has 0 radical (unpaired) electrons. The molecule has 1 atom stereocenters. The van der Waals surface area contributed by atoms with Crippen molar-refractivity contribution in [2.45, 2.75) is 26.9 Å². The molecule has 0 saturated carbocycles. The lowest BCUT2D eigenvalue weighted by atomic mass is 10.1. The molecule has 0 heterocycles. The van der Waals surface area contributed by atoms with Crippen LogP contribution < -0.4 is 4.74 Å². The van der Waals surface area contributed by atoms with E-state index in [0.29, 0.717) is 11.3 Å². The van der Waals surface area contributed by atoms with E-state index in [4.69, 9.17) is 4.74 Å². The summed E-state index contributed by atoms with van der Waals surface area (Å²) in [4.78, 5) is 22.4. The first-order valence-corrected chi connectivity index (χ1v) is 5.31. The summed E-state index contributed by atoms with van der Waals surface area (Å²) in [6.45, 7) is 4.95. The molecule has 0 N–H and O–H groups in total. The second kappa shape index (κ2) is 5.48. The van der Waals surface area contributed by atoms with Gasteiger partial charge >= 0.3 is 5.97 Å². The Morgan fingerprint density at radius 2 is 1.94 bits per heavy atom. The number of aryl methyl sites for hydroxylation is 1. The number of methoxy groups -OCH3 is 1. The third kappa shape index (κ3) is 3.31. The molecule has 0 spiro atoms. The van der Waals surface area contributed by atoms with Crippen LogP contribution >= 0.6 is 0 Å². The number of hydrogen-bond acceptors (Lipinski definition) is 4. The molecule has 0 bridgehead atoms. The van der Waals surface area contributed by atoms with E-state index in [9.17, 15) is 9.59 Å². The summed E-state index contributed by atoms with van der Waals surface area (Å²) >= 11 is 0. The summed E-state index contributed by atoms with van der Waals surface area (Å²) in [5.41, 5.74) is 1.44. The van der Waals surface area contributed by atoms with Crippen molar-refractivity contribution in [3.05, 3.63) is 29.3 Å². The smallest absolute Gasteiger partial charge is 0.346 e. The Labute approximate surface area is 101 Å². The molecule has 1 aromatic carbocycles. The first kappa shape index (κ1) is 13.2. The molecule has 0 aliphatic heterocycles. The highest BCUT2D eigenvalue weighted by molar-refractivity contribution is 5.94. The van der Waals surface area contributed by atoms with Gasteiger partial charge in [0.2, 0.25) is 0 Å². The van der Waals surface area contributed by atoms with Gasteiger partial charge in [0.15, 0.2) is 11.9 Å².